The number of rotatable bonds is 5. The highest BCUT2D eigenvalue weighted by atomic mass is 15.0. The molecule has 4 rings (SSSR count). The van der Waals surface area contributed by atoms with Crippen LogP contribution in [-0.2, 0) is 6.54 Å². The molecule has 0 saturated carbocycles. The Hall–Kier alpha value is -3.06. The lowest BCUT2D eigenvalue weighted by Crippen LogP contribution is -1.99. The molecule has 0 bridgehead atoms. The van der Waals surface area contributed by atoms with Gasteiger partial charge in [-0.25, -0.2) is 0 Å². The standard InChI is InChI=1S/C24H21N/c1-2-21(20-13-7-4-8-14-20)23-18-25(17-19-11-5-3-6-12-19)24-16-10-9-15-22(23)24/h2-16,18,21H,1,17H2. The minimum Gasteiger partial charge on any atom is -0.343 e. The Labute approximate surface area is 148 Å². The van der Waals surface area contributed by atoms with Crippen molar-refractivity contribution in [1.82, 2.24) is 4.57 Å². The van der Waals surface area contributed by atoms with Crippen molar-refractivity contribution in [3.63, 3.8) is 0 Å². The Bertz CT molecular complexity index is 980. The van der Waals surface area contributed by atoms with E-state index in [2.05, 4.69) is 102 Å². The number of allylic oxidation sites excluding steroid dienone is 1. The molecule has 0 spiro atoms. The van der Waals surface area contributed by atoms with Crippen LogP contribution in [0.4, 0.5) is 0 Å². The molecule has 0 amide bonds. The molecule has 0 fully saturated rings. The molecule has 1 unspecified atom stereocenters. The van der Waals surface area contributed by atoms with Crippen molar-refractivity contribution in [2.45, 2.75) is 12.5 Å². The number of hydrogen-bond acceptors (Lipinski definition) is 0. The zero-order valence-corrected chi connectivity index (χ0v) is 14.2. The number of nitrogens with zero attached hydrogens (tertiary/aromatic N) is 1. The molecule has 0 aliphatic heterocycles. The van der Waals surface area contributed by atoms with Gasteiger partial charge in [0.05, 0.1) is 0 Å². The number of para-hydroxylation sites is 1. The van der Waals surface area contributed by atoms with Crippen LogP contribution in [0, 0.1) is 0 Å². The van der Waals surface area contributed by atoms with Crippen molar-refractivity contribution >= 4 is 10.9 Å². The maximum atomic E-state index is 4.10. The molecule has 1 heteroatoms. The van der Waals surface area contributed by atoms with Crippen molar-refractivity contribution in [2.75, 3.05) is 0 Å². The maximum absolute atomic E-state index is 4.10. The van der Waals surface area contributed by atoms with E-state index >= 15 is 0 Å². The van der Waals surface area contributed by atoms with Crippen LogP contribution in [0.1, 0.15) is 22.6 Å². The van der Waals surface area contributed by atoms with Crippen molar-refractivity contribution in [3.8, 4) is 0 Å². The Morgan fingerprint density at radius 2 is 1.44 bits per heavy atom. The SMILES string of the molecule is C=CC(c1ccccc1)c1cn(Cc2ccccc2)c2ccccc12. The van der Waals surface area contributed by atoms with E-state index in [4.69, 9.17) is 0 Å². The van der Waals surface area contributed by atoms with Crippen LogP contribution in [0.25, 0.3) is 10.9 Å². The zero-order chi connectivity index (χ0) is 17.1. The molecule has 122 valence electrons. The van der Waals surface area contributed by atoms with Crippen molar-refractivity contribution in [2.24, 2.45) is 0 Å². The molecule has 0 radical (unpaired) electrons. The lowest BCUT2D eigenvalue weighted by atomic mass is 9.91. The van der Waals surface area contributed by atoms with Gasteiger partial charge in [0.2, 0.25) is 0 Å². The first-order valence-electron chi connectivity index (χ1n) is 8.66. The lowest BCUT2D eigenvalue weighted by molar-refractivity contribution is 0.828. The van der Waals surface area contributed by atoms with Gasteiger partial charge in [0.25, 0.3) is 0 Å². The smallest absolute Gasteiger partial charge is 0.0486 e. The topological polar surface area (TPSA) is 4.93 Å². The molecule has 3 aromatic carbocycles. The summed E-state index contributed by atoms with van der Waals surface area (Å²) in [7, 11) is 0. The predicted molar refractivity (Wildman–Crippen MR) is 106 cm³/mol. The van der Waals surface area contributed by atoms with E-state index in [1.54, 1.807) is 0 Å². The fraction of sp³-hybridized carbons (Fsp3) is 0.0833. The molecule has 0 aliphatic carbocycles. The van der Waals surface area contributed by atoms with Gasteiger partial charge in [-0.3, -0.25) is 0 Å². The fourth-order valence-corrected chi connectivity index (χ4v) is 3.54. The highest BCUT2D eigenvalue weighted by Gasteiger charge is 2.17. The zero-order valence-electron chi connectivity index (χ0n) is 14.2. The van der Waals surface area contributed by atoms with Crippen LogP contribution in [0.3, 0.4) is 0 Å². The third kappa shape index (κ3) is 3.01. The second-order valence-electron chi connectivity index (χ2n) is 6.34. The second kappa shape index (κ2) is 6.82. The molecular weight excluding hydrogens is 302 g/mol. The first-order valence-corrected chi connectivity index (χ1v) is 8.66. The summed E-state index contributed by atoms with van der Waals surface area (Å²) in [4.78, 5) is 0. The van der Waals surface area contributed by atoms with Gasteiger partial charge >= 0.3 is 0 Å². The molecular formula is C24H21N. The van der Waals surface area contributed by atoms with Gasteiger partial charge in [-0.05, 0) is 22.8 Å². The summed E-state index contributed by atoms with van der Waals surface area (Å²) in [5.74, 6) is 0.197. The van der Waals surface area contributed by atoms with E-state index in [9.17, 15) is 0 Å². The normalized spacial score (nSPS) is 12.2. The monoisotopic (exact) mass is 323 g/mol. The van der Waals surface area contributed by atoms with Gasteiger partial charge in [0, 0.05) is 29.6 Å². The van der Waals surface area contributed by atoms with Gasteiger partial charge in [0.1, 0.15) is 0 Å². The van der Waals surface area contributed by atoms with Crippen LogP contribution >= 0.6 is 0 Å². The first-order chi connectivity index (χ1) is 12.4. The van der Waals surface area contributed by atoms with E-state index in [1.807, 2.05) is 6.08 Å². The summed E-state index contributed by atoms with van der Waals surface area (Å²) >= 11 is 0. The fourth-order valence-electron chi connectivity index (χ4n) is 3.54. The van der Waals surface area contributed by atoms with Gasteiger partial charge in [-0.1, -0.05) is 84.9 Å². The minimum atomic E-state index is 0.197. The minimum absolute atomic E-state index is 0.197. The van der Waals surface area contributed by atoms with Crippen molar-refractivity contribution < 1.29 is 0 Å². The average molecular weight is 323 g/mol. The highest BCUT2D eigenvalue weighted by Crippen LogP contribution is 2.33. The number of hydrogen-bond donors (Lipinski definition) is 0. The summed E-state index contributed by atoms with van der Waals surface area (Å²) in [6.07, 6.45) is 4.33. The summed E-state index contributed by atoms with van der Waals surface area (Å²) in [5, 5.41) is 1.30. The van der Waals surface area contributed by atoms with Crippen molar-refractivity contribution in [1.29, 1.82) is 0 Å². The summed E-state index contributed by atoms with van der Waals surface area (Å²) in [6.45, 7) is 4.98. The molecule has 0 saturated heterocycles. The summed E-state index contributed by atoms with van der Waals surface area (Å²) in [6, 6.07) is 29.8. The van der Waals surface area contributed by atoms with E-state index < -0.39 is 0 Å². The van der Waals surface area contributed by atoms with Crippen LogP contribution < -0.4 is 0 Å². The van der Waals surface area contributed by atoms with E-state index in [0.29, 0.717) is 0 Å². The van der Waals surface area contributed by atoms with Crippen LogP contribution in [0.15, 0.2) is 104 Å². The Morgan fingerprint density at radius 1 is 0.800 bits per heavy atom. The predicted octanol–water partition coefficient (Wildman–Crippen LogP) is 6.01. The van der Waals surface area contributed by atoms with Crippen LogP contribution in [0.5, 0.6) is 0 Å². The highest BCUT2D eigenvalue weighted by molar-refractivity contribution is 5.85. The first kappa shape index (κ1) is 15.5. The van der Waals surface area contributed by atoms with Gasteiger partial charge in [-0.15, -0.1) is 6.58 Å². The van der Waals surface area contributed by atoms with E-state index in [0.717, 1.165) is 6.54 Å². The third-order valence-electron chi connectivity index (χ3n) is 4.74. The molecule has 0 aliphatic rings. The quantitative estimate of drug-likeness (QED) is 0.396. The third-order valence-corrected chi connectivity index (χ3v) is 4.74. The molecule has 0 N–H and O–H groups in total. The molecule has 25 heavy (non-hydrogen) atoms. The Balaban J connectivity index is 1.83. The molecule has 4 aromatic rings. The maximum Gasteiger partial charge on any atom is 0.0486 e. The van der Waals surface area contributed by atoms with E-state index in [-0.39, 0.29) is 5.92 Å². The van der Waals surface area contributed by atoms with Gasteiger partial charge in [0.15, 0.2) is 0 Å². The van der Waals surface area contributed by atoms with Crippen LogP contribution in [-0.4, -0.2) is 4.57 Å². The lowest BCUT2D eigenvalue weighted by Gasteiger charge is -2.12. The van der Waals surface area contributed by atoms with Crippen LogP contribution in [0.2, 0.25) is 0 Å². The average Bonchev–Trinajstić information content (AvgIpc) is 3.03. The van der Waals surface area contributed by atoms with Crippen molar-refractivity contribution in [3.05, 3.63) is 120 Å². The second-order valence-corrected chi connectivity index (χ2v) is 6.34. The van der Waals surface area contributed by atoms with Gasteiger partial charge < -0.3 is 4.57 Å². The molecule has 1 atom stereocenters. The number of benzene rings is 3. The summed E-state index contributed by atoms with van der Waals surface area (Å²) in [5.41, 5.74) is 5.17. The van der Waals surface area contributed by atoms with E-state index in [1.165, 1.54) is 27.6 Å². The molecule has 1 aromatic heterocycles. The Morgan fingerprint density at radius 3 is 2.16 bits per heavy atom. The molecule has 1 heterocycles. The van der Waals surface area contributed by atoms with Gasteiger partial charge in [-0.2, -0.15) is 0 Å². The summed E-state index contributed by atoms with van der Waals surface area (Å²) < 4.78 is 2.35. The Kier molecular flexibility index (Phi) is 4.22. The number of aromatic nitrogens is 1. The largest absolute Gasteiger partial charge is 0.343 e. The number of fused-ring (bicyclic) bond motifs is 1. The molecule has 1 nitrogen and oxygen atoms in total.